The zero-order valence-corrected chi connectivity index (χ0v) is 15.2. The number of H-pyrrole nitrogens is 1. The summed E-state index contributed by atoms with van der Waals surface area (Å²) in [5.41, 5.74) is 2.91. The van der Waals surface area contributed by atoms with Crippen molar-refractivity contribution in [3.05, 3.63) is 22.5 Å². The van der Waals surface area contributed by atoms with Crippen LogP contribution < -0.4 is 10.6 Å². The molecule has 23 heavy (non-hydrogen) atoms. The SMILES string of the molecule is CCCc1c(C(=O)NC2CCNC(C)C2)[nH]c(C)c1C(C)=O.Cl. The molecule has 1 fully saturated rings. The van der Waals surface area contributed by atoms with Gasteiger partial charge in [0.1, 0.15) is 5.69 Å². The van der Waals surface area contributed by atoms with Gasteiger partial charge in [-0.15, -0.1) is 12.4 Å². The molecule has 0 radical (unpaired) electrons. The van der Waals surface area contributed by atoms with Crippen LogP contribution in [-0.4, -0.2) is 35.3 Å². The van der Waals surface area contributed by atoms with Crippen LogP contribution in [-0.2, 0) is 6.42 Å². The molecule has 3 N–H and O–H groups in total. The van der Waals surface area contributed by atoms with Crippen LogP contribution >= 0.6 is 12.4 Å². The molecule has 0 saturated carbocycles. The Morgan fingerprint density at radius 3 is 2.61 bits per heavy atom. The summed E-state index contributed by atoms with van der Waals surface area (Å²) in [6, 6.07) is 0.620. The predicted octanol–water partition coefficient (Wildman–Crippen LogP) is 2.77. The molecule has 1 aromatic rings. The second kappa shape index (κ2) is 8.50. The van der Waals surface area contributed by atoms with Crippen molar-refractivity contribution in [3.8, 4) is 0 Å². The van der Waals surface area contributed by atoms with Crippen molar-refractivity contribution < 1.29 is 9.59 Å². The number of Topliss-reactive ketones (excluding diaryl/α,β-unsaturated/α-hetero) is 1. The number of nitrogens with one attached hydrogen (secondary N) is 3. The van der Waals surface area contributed by atoms with E-state index in [9.17, 15) is 9.59 Å². The van der Waals surface area contributed by atoms with E-state index in [1.165, 1.54) is 0 Å². The average Bonchev–Trinajstić information content (AvgIpc) is 2.76. The topological polar surface area (TPSA) is 74.0 Å². The van der Waals surface area contributed by atoms with Gasteiger partial charge in [0.05, 0.1) is 0 Å². The number of rotatable bonds is 5. The Morgan fingerprint density at radius 2 is 2.04 bits per heavy atom. The third kappa shape index (κ3) is 4.58. The molecular weight excluding hydrogens is 314 g/mol. The lowest BCUT2D eigenvalue weighted by molar-refractivity contribution is 0.0920. The van der Waals surface area contributed by atoms with E-state index in [2.05, 4.69) is 29.5 Å². The lowest BCUT2D eigenvalue weighted by atomic mass is 9.99. The predicted molar refractivity (Wildman–Crippen MR) is 94.7 cm³/mol. The Balaban J connectivity index is 0.00000264. The highest BCUT2D eigenvalue weighted by molar-refractivity contribution is 6.02. The number of carbonyl (C=O) groups excluding carboxylic acids is 2. The molecule has 2 rings (SSSR count). The van der Waals surface area contributed by atoms with Crippen LogP contribution in [0.3, 0.4) is 0 Å². The molecule has 0 aliphatic carbocycles. The summed E-state index contributed by atoms with van der Waals surface area (Å²) in [4.78, 5) is 27.6. The van der Waals surface area contributed by atoms with Gasteiger partial charge >= 0.3 is 0 Å². The summed E-state index contributed by atoms with van der Waals surface area (Å²) < 4.78 is 0. The molecule has 1 saturated heterocycles. The Hall–Kier alpha value is -1.33. The van der Waals surface area contributed by atoms with E-state index < -0.39 is 0 Å². The molecule has 2 unspecified atom stereocenters. The third-order valence-corrected chi connectivity index (χ3v) is 4.33. The first kappa shape index (κ1) is 19.7. The van der Waals surface area contributed by atoms with Crippen LogP contribution in [0.15, 0.2) is 0 Å². The van der Waals surface area contributed by atoms with E-state index in [1.807, 2.05) is 6.92 Å². The summed E-state index contributed by atoms with van der Waals surface area (Å²) in [6.07, 6.45) is 3.53. The Labute approximate surface area is 144 Å². The zero-order chi connectivity index (χ0) is 16.3. The molecule has 1 aromatic heterocycles. The molecule has 5 nitrogen and oxygen atoms in total. The van der Waals surface area contributed by atoms with Crippen molar-refractivity contribution in [2.45, 2.75) is 65.5 Å². The lowest BCUT2D eigenvalue weighted by Crippen LogP contribution is -2.46. The molecule has 1 amide bonds. The van der Waals surface area contributed by atoms with Crippen LogP contribution in [0.2, 0.25) is 0 Å². The van der Waals surface area contributed by atoms with Gasteiger partial charge in [-0.2, -0.15) is 0 Å². The van der Waals surface area contributed by atoms with Gasteiger partial charge in [-0.25, -0.2) is 0 Å². The fraction of sp³-hybridized carbons (Fsp3) is 0.647. The van der Waals surface area contributed by atoms with Crippen LogP contribution in [0, 0.1) is 6.92 Å². The van der Waals surface area contributed by atoms with E-state index in [4.69, 9.17) is 0 Å². The Morgan fingerprint density at radius 1 is 1.35 bits per heavy atom. The van der Waals surface area contributed by atoms with Gasteiger partial charge < -0.3 is 15.6 Å². The van der Waals surface area contributed by atoms with Crippen molar-refractivity contribution in [2.75, 3.05) is 6.54 Å². The van der Waals surface area contributed by atoms with Crippen molar-refractivity contribution in [3.63, 3.8) is 0 Å². The molecule has 0 bridgehead atoms. The number of ketones is 1. The maximum atomic E-state index is 12.6. The molecule has 130 valence electrons. The number of carbonyl (C=O) groups is 2. The van der Waals surface area contributed by atoms with E-state index >= 15 is 0 Å². The number of aromatic amines is 1. The van der Waals surface area contributed by atoms with Crippen molar-refractivity contribution >= 4 is 24.1 Å². The third-order valence-electron chi connectivity index (χ3n) is 4.33. The first-order valence-corrected chi connectivity index (χ1v) is 8.20. The van der Waals surface area contributed by atoms with Crippen LogP contribution in [0.4, 0.5) is 0 Å². The number of piperidine rings is 1. The highest BCUT2D eigenvalue weighted by Gasteiger charge is 2.25. The lowest BCUT2D eigenvalue weighted by Gasteiger charge is -2.28. The minimum absolute atomic E-state index is 0. The van der Waals surface area contributed by atoms with Gasteiger partial charge in [0.15, 0.2) is 5.78 Å². The highest BCUT2D eigenvalue weighted by Crippen LogP contribution is 2.22. The normalized spacial score (nSPS) is 20.7. The minimum atomic E-state index is -0.0850. The average molecular weight is 342 g/mol. The summed E-state index contributed by atoms with van der Waals surface area (Å²) in [7, 11) is 0. The van der Waals surface area contributed by atoms with Gasteiger partial charge in [0, 0.05) is 23.3 Å². The van der Waals surface area contributed by atoms with Crippen LogP contribution in [0.25, 0.3) is 0 Å². The van der Waals surface area contributed by atoms with Gasteiger partial charge in [-0.05, 0) is 52.1 Å². The van der Waals surface area contributed by atoms with Crippen molar-refractivity contribution in [1.29, 1.82) is 0 Å². The van der Waals surface area contributed by atoms with Crippen LogP contribution in [0.1, 0.15) is 72.1 Å². The second-order valence-corrected chi connectivity index (χ2v) is 6.33. The molecule has 1 aliphatic heterocycles. The molecule has 2 heterocycles. The zero-order valence-electron chi connectivity index (χ0n) is 14.4. The molecule has 0 spiro atoms. The molecule has 1 aliphatic rings. The smallest absolute Gasteiger partial charge is 0.268 e. The van der Waals surface area contributed by atoms with Crippen molar-refractivity contribution in [2.24, 2.45) is 0 Å². The largest absolute Gasteiger partial charge is 0.354 e. The van der Waals surface area contributed by atoms with Gasteiger partial charge in [-0.1, -0.05) is 13.3 Å². The van der Waals surface area contributed by atoms with Gasteiger partial charge in [0.25, 0.3) is 5.91 Å². The molecule has 2 atom stereocenters. The number of aromatic nitrogens is 1. The summed E-state index contributed by atoms with van der Waals surface area (Å²) in [5.74, 6) is -0.0649. The quantitative estimate of drug-likeness (QED) is 0.721. The Kier molecular flexibility index (Phi) is 7.29. The highest BCUT2D eigenvalue weighted by atomic mass is 35.5. The van der Waals surface area contributed by atoms with E-state index in [-0.39, 0.29) is 30.1 Å². The maximum Gasteiger partial charge on any atom is 0.268 e. The van der Waals surface area contributed by atoms with Crippen LogP contribution in [0.5, 0.6) is 0 Å². The minimum Gasteiger partial charge on any atom is -0.354 e. The van der Waals surface area contributed by atoms with E-state index in [1.54, 1.807) is 6.92 Å². The van der Waals surface area contributed by atoms with Crippen molar-refractivity contribution in [1.82, 2.24) is 15.6 Å². The summed E-state index contributed by atoms with van der Waals surface area (Å²) in [6.45, 7) is 8.54. The van der Waals surface area contributed by atoms with E-state index in [0.717, 1.165) is 43.5 Å². The number of amides is 1. The maximum absolute atomic E-state index is 12.6. The number of hydrogen-bond acceptors (Lipinski definition) is 3. The standard InChI is InChI=1S/C17H27N3O2.ClH/c1-5-6-14-15(12(4)21)11(3)19-16(14)17(22)20-13-7-8-18-10(2)9-13;/h10,13,18-19H,5-9H2,1-4H3,(H,20,22);1H. The van der Waals surface area contributed by atoms with Gasteiger partial charge in [0.2, 0.25) is 0 Å². The fourth-order valence-corrected chi connectivity index (χ4v) is 3.37. The summed E-state index contributed by atoms with van der Waals surface area (Å²) >= 11 is 0. The second-order valence-electron chi connectivity index (χ2n) is 6.33. The number of aryl methyl sites for hydroxylation is 1. The Bertz CT molecular complexity index is 568. The van der Waals surface area contributed by atoms with E-state index in [0.29, 0.717) is 17.3 Å². The molecular formula is C17H28ClN3O2. The number of halogens is 1. The summed E-state index contributed by atoms with van der Waals surface area (Å²) in [5, 5.41) is 6.50. The monoisotopic (exact) mass is 341 g/mol. The number of hydrogen-bond donors (Lipinski definition) is 3. The first-order valence-electron chi connectivity index (χ1n) is 8.20. The first-order chi connectivity index (χ1) is 10.4. The fourth-order valence-electron chi connectivity index (χ4n) is 3.37. The molecule has 6 heteroatoms. The van der Waals surface area contributed by atoms with Gasteiger partial charge in [-0.3, -0.25) is 9.59 Å². The molecule has 0 aromatic carbocycles.